The molecule has 0 bridgehead atoms. The maximum Gasteiger partial charge on any atom is 0.272 e. The van der Waals surface area contributed by atoms with Crippen molar-refractivity contribution in [1.29, 1.82) is 0 Å². The predicted molar refractivity (Wildman–Crippen MR) is 112 cm³/mol. The lowest BCUT2D eigenvalue weighted by molar-refractivity contribution is -0.119. The van der Waals surface area contributed by atoms with Crippen molar-refractivity contribution in [3.63, 3.8) is 0 Å². The molecule has 0 radical (unpaired) electrons. The molecule has 1 aliphatic rings. The number of thioether (sulfide) groups is 1. The van der Waals surface area contributed by atoms with Gasteiger partial charge in [0.1, 0.15) is 5.75 Å². The van der Waals surface area contributed by atoms with Crippen molar-refractivity contribution in [3.05, 3.63) is 64.6 Å². The number of carbonyl (C=O) groups excluding carboxylic acids is 2. The first kappa shape index (κ1) is 20.2. The summed E-state index contributed by atoms with van der Waals surface area (Å²) in [6.45, 7) is 4.47. The van der Waals surface area contributed by atoms with Gasteiger partial charge in [0.05, 0.1) is 29.4 Å². The lowest BCUT2D eigenvalue weighted by Crippen LogP contribution is -2.31. The van der Waals surface area contributed by atoms with Gasteiger partial charge >= 0.3 is 0 Å². The number of aryl methyl sites for hydroxylation is 1. The molecule has 28 heavy (non-hydrogen) atoms. The van der Waals surface area contributed by atoms with E-state index in [9.17, 15) is 14.7 Å². The molecule has 2 amide bonds. The number of aliphatic hydroxyl groups excluding tert-OH is 1. The standard InChI is InChI=1S/C22H23NO4S/c1-3-12-27-18-6-4-5-17(14-18)23-21(25)19(16-9-7-15(2)8-10-16)20(22(23)26)28-13-11-24/h4-10,14,24H,3,11-13H2,1-2H3. The van der Waals surface area contributed by atoms with E-state index in [4.69, 9.17) is 4.74 Å². The van der Waals surface area contributed by atoms with Gasteiger partial charge in [-0.3, -0.25) is 9.59 Å². The number of rotatable bonds is 8. The SMILES string of the molecule is CCCOc1cccc(N2C(=O)C(SCCO)=C(c3ccc(C)cc3)C2=O)c1. The molecule has 3 rings (SSSR count). The minimum Gasteiger partial charge on any atom is -0.494 e. The second kappa shape index (κ2) is 9.08. The topological polar surface area (TPSA) is 66.8 Å². The van der Waals surface area contributed by atoms with Crippen LogP contribution in [-0.4, -0.2) is 35.9 Å². The number of hydrogen-bond donors (Lipinski definition) is 1. The zero-order chi connectivity index (χ0) is 20.1. The average Bonchev–Trinajstić information content (AvgIpc) is 2.95. The van der Waals surface area contributed by atoms with Crippen LogP contribution < -0.4 is 9.64 Å². The van der Waals surface area contributed by atoms with Crippen LogP contribution in [0.2, 0.25) is 0 Å². The lowest BCUT2D eigenvalue weighted by atomic mass is 10.0. The summed E-state index contributed by atoms with van der Waals surface area (Å²) in [5, 5.41) is 9.20. The Labute approximate surface area is 169 Å². The molecule has 0 spiro atoms. The molecule has 5 nitrogen and oxygen atoms in total. The lowest BCUT2D eigenvalue weighted by Gasteiger charge is -2.16. The number of anilines is 1. The largest absolute Gasteiger partial charge is 0.494 e. The zero-order valence-corrected chi connectivity index (χ0v) is 16.8. The van der Waals surface area contributed by atoms with Crippen molar-refractivity contribution >= 4 is 34.8 Å². The summed E-state index contributed by atoms with van der Waals surface area (Å²) in [5.74, 6) is 0.235. The highest BCUT2D eigenvalue weighted by Gasteiger charge is 2.40. The molecule has 0 atom stereocenters. The highest BCUT2D eigenvalue weighted by atomic mass is 32.2. The molecule has 6 heteroatoms. The van der Waals surface area contributed by atoms with E-state index in [1.54, 1.807) is 24.3 Å². The molecule has 2 aromatic carbocycles. The van der Waals surface area contributed by atoms with Gasteiger partial charge in [-0.2, -0.15) is 0 Å². The molecule has 1 N–H and O–H groups in total. The van der Waals surface area contributed by atoms with Gasteiger partial charge in [0.2, 0.25) is 0 Å². The smallest absolute Gasteiger partial charge is 0.272 e. The van der Waals surface area contributed by atoms with Gasteiger partial charge in [0.25, 0.3) is 11.8 Å². The molecular weight excluding hydrogens is 374 g/mol. The van der Waals surface area contributed by atoms with E-state index in [-0.39, 0.29) is 18.4 Å². The van der Waals surface area contributed by atoms with Crippen LogP contribution in [0.3, 0.4) is 0 Å². The molecule has 146 valence electrons. The van der Waals surface area contributed by atoms with Gasteiger partial charge in [-0.05, 0) is 31.0 Å². The van der Waals surface area contributed by atoms with Crippen molar-refractivity contribution in [2.24, 2.45) is 0 Å². The summed E-state index contributed by atoms with van der Waals surface area (Å²) in [7, 11) is 0. The second-order valence-corrected chi connectivity index (χ2v) is 7.54. The van der Waals surface area contributed by atoms with E-state index in [0.717, 1.165) is 12.0 Å². The number of aliphatic hydroxyl groups is 1. The van der Waals surface area contributed by atoms with Gasteiger partial charge in [-0.25, -0.2) is 4.90 Å². The third-order valence-corrected chi connectivity index (χ3v) is 5.32. The van der Waals surface area contributed by atoms with Crippen LogP contribution in [0.5, 0.6) is 5.75 Å². The fraction of sp³-hybridized carbons (Fsp3) is 0.273. The third kappa shape index (κ3) is 4.13. The van der Waals surface area contributed by atoms with E-state index in [2.05, 4.69) is 0 Å². The quantitative estimate of drug-likeness (QED) is 0.687. The first-order valence-electron chi connectivity index (χ1n) is 9.23. The molecule has 1 aliphatic heterocycles. The molecule has 1 heterocycles. The number of imide groups is 1. The van der Waals surface area contributed by atoms with E-state index in [0.29, 0.717) is 39.8 Å². The normalized spacial score (nSPS) is 14.2. The van der Waals surface area contributed by atoms with Gasteiger partial charge in [0.15, 0.2) is 0 Å². The maximum absolute atomic E-state index is 13.2. The first-order valence-corrected chi connectivity index (χ1v) is 10.2. The number of amides is 2. The maximum atomic E-state index is 13.2. The van der Waals surface area contributed by atoms with Crippen molar-refractivity contribution in [3.8, 4) is 5.75 Å². The molecule has 0 fully saturated rings. The monoisotopic (exact) mass is 397 g/mol. The Morgan fingerprint density at radius 2 is 1.82 bits per heavy atom. The predicted octanol–water partition coefficient (Wildman–Crippen LogP) is 3.79. The van der Waals surface area contributed by atoms with Crippen molar-refractivity contribution in [2.45, 2.75) is 20.3 Å². The molecule has 0 aromatic heterocycles. The van der Waals surface area contributed by atoms with Crippen LogP contribution in [-0.2, 0) is 9.59 Å². The first-order chi connectivity index (χ1) is 13.6. The molecule has 0 saturated heterocycles. The fourth-order valence-electron chi connectivity index (χ4n) is 2.93. The summed E-state index contributed by atoms with van der Waals surface area (Å²) in [4.78, 5) is 27.9. The molecule has 2 aromatic rings. The van der Waals surface area contributed by atoms with Crippen LogP contribution in [0.15, 0.2) is 53.4 Å². The number of carbonyl (C=O) groups is 2. The van der Waals surface area contributed by atoms with Gasteiger partial charge in [0, 0.05) is 11.8 Å². The van der Waals surface area contributed by atoms with Crippen molar-refractivity contribution < 1.29 is 19.4 Å². The van der Waals surface area contributed by atoms with Crippen LogP contribution in [0.25, 0.3) is 5.57 Å². The minimum atomic E-state index is -0.369. The van der Waals surface area contributed by atoms with E-state index in [1.807, 2.05) is 38.1 Å². The Balaban J connectivity index is 1.99. The molecular formula is C22H23NO4S. The van der Waals surface area contributed by atoms with Crippen molar-refractivity contribution in [2.75, 3.05) is 23.9 Å². The highest BCUT2D eigenvalue weighted by molar-refractivity contribution is 8.04. The van der Waals surface area contributed by atoms with Crippen LogP contribution in [0.1, 0.15) is 24.5 Å². The molecule has 0 unspecified atom stereocenters. The summed E-state index contributed by atoms with van der Waals surface area (Å²) in [6.07, 6.45) is 0.868. The third-order valence-electron chi connectivity index (χ3n) is 4.27. The number of benzene rings is 2. The molecule has 0 saturated carbocycles. The Morgan fingerprint density at radius 1 is 1.07 bits per heavy atom. The summed E-state index contributed by atoms with van der Waals surface area (Å²) >= 11 is 1.21. The Kier molecular flexibility index (Phi) is 6.54. The Hall–Kier alpha value is -2.57. The minimum absolute atomic E-state index is 0.0723. The van der Waals surface area contributed by atoms with Gasteiger partial charge in [-0.1, -0.05) is 42.8 Å². The number of nitrogens with zero attached hydrogens (tertiary/aromatic N) is 1. The Morgan fingerprint density at radius 3 is 2.50 bits per heavy atom. The number of hydrogen-bond acceptors (Lipinski definition) is 5. The van der Waals surface area contributed by atoms with Gasteiger partial charge < -0.3 is 9.84 Å². The molecule has 0 aliphatic carbocycles. The Bertz CT molecular complexity index is 905. The van der Waals surface area contributed by atoms with Gasteiger partial charge in [-0.15, -0.1) is 11.8 Å². The summed E-state index contributed by atoms with van der Waals surface area (Å²) in [5.41, 5.74) is 2.63. The number of ether oxygens (including phenoxy) is 1. The average molecular weight is 397 g/mol. The highest BCUT2D eigenvalue weighted by Crippen LogP contribution is 2.39. The van der Waals surface area contributed by atoms with E-state index in [1.165, 1.54) is 16.7 Å². The van der Waals surface area contributed by atoms with Crippen molar-refractivity contribution in [1.82, 2.24) is 0 Å². The van der Waals surface area contributed by atoms with E-state index >= 15 is 0 Å². The summed E-state index contributed by atoms with van der Waals surface area (Å²) in [6, 6.07) is 14.5. The van der Waals surface area contributed by atoms with E-state index < -0.39 is 0 Å². The van der Waals surface area contributed by atoms with Crippen LogP contribution >= 0.6 is 11.8 Å². The summed E-state index contributed by atoms with van der Waals surface area (Å²) < 4.78 is 5.64. The second-order valence-electron chi connectivity index (χ2n) is 6.43. The van der Waals surface area contributed by atoms with Crippen LogP contribution in [0.4, 0.5) is 5.69 Å². The van der Waals surface area contributed by atoms with Crippen LogP contribution in [0, 0.1) is 6.92 Å². The zero-order valence-electron chi connectivity index (χ0n) is 16.0. The fourth-order valence-corrected chi connectivity index (χ4v) is 3.79.